The summed E-state index contributed by atoms with van der Waals surface area (Å²) in [7, 11) is -4.02. The highest BCUT2D eigenvalue weighted by atomic mass is 35.6. The van der Waals surface area contributed by atoms with Crippen molar-refractivity contribution in [3.8, 4) is 0 Å². The van der Waals surface area contributed by atoms with Crippen molar-refractivity contribution in [3.63, 3.8) is 0 Å². The summed E-state index contributed by atoms with van der Waals surface area (Å²) < 4.78 is 30.7. The smallest absolute Gasteiger partial charge is 0.333 e. The summed E-state index contributed by atoms with van der Waals surface area (Å²) in [6.07, 6.45) is 0.371. The van der Waals surface area contributed by atoms with Crippen molar-refractivity contribution in [1.29, 1.82) is 0 Å². The summed E-state index contributed by atoms with van der Waals surface area (Å²) in [5.41, 5.74) is -0.755. The van der Waals surface area contributed by atoms with Gasteiger partial charge in [-0.2, -0.15) is 4.72 Å². The minimum Gasteiger partial charge on any atom is -0.459 e. The molecule has 1 aromatic carbocycles. The van der Waals surface area contributed by atoms with E-state index in [4.69, 9.17) is 39.5 Å². The van der Waals surface area contributed by atoms with Gasteiger partial charge in [-0.3, -0.25) is 9.59 Å². The van der Waals surface area contributed by atoms with E-state index < -0.39 is 54.0 Å². The first-order valence-electron chi connectivity index (χ1n) is 9.35. The number of hydrogen-bond donors (Lipinski definition) is 2. The molecular formula is C18H18Cl3N3O6S2. The Balaban J connectivity index is 1.47. The molecule has 0 radical (unpaired) electrons. The molecule has 14 heteroatoms. The first-order chi connectivity index (χ1) is 14.7. The van der Waals surface area contributed by atoms with Gasteiger partial charge in [-0.15, -0.1) is 11.8 Å². The van der Waals surface area contributed by atoms with Crippen LogP contribution in [0.1, 0.15) is 20.3 Å². The zero-order chi connectivity index (χ0) is 23.7. The Kier molecular flexibility index (Phi) is 5.71. The monoisotopic (exact) mass is 541 g/mol. The van der Waals surface area contributed by atoms with Gasteiger partial charge in [0.25, 0.3) is 0 Å². The van der Waals surface area contributed by atoms with E-state index in [1.165, 1.54) is 47.9 Å². The molecule has 0 aromatic heterocycles. The topological polar surface area (TPSA) is 122 Å². The quantitative estimate of drug-likeness (QED) is 0.320. The molecule has 3 fully saturated rings. The molecule has 32 heavy (non-hydrogen) atoms. The maximum atomic E-state index is 12.9. The Hall–Kier alpha value is -1.24. The lowest BCUT2D eigenvalue weighted by Gasteiger charge is -2.46. The molecular weight excluding hydrogens is 525 g/mol. The highest BCUT2D eigenvalue weighted by Gasteiger charge is 2.85. The molecule has 0 bridgehead atoms. The number of halogens is 3. The third-order valence-corrected chi connectivity index (χ3v) is 9.16. The van der Waals surface area contributed by atoms with Gasteiger partial charge in [-0.1, -0.05) is 34.8 Å². The molecule has 2 heterocycles. The van der Waals surface area contributed by atoms with Gasteiger partial charge in [0.1, 0.15) is 18.0 Å². The van der Waals surface area contributed by atoms with Crippen LogP contribution in [0.15, 0.2) is 29.2 Å². The average Bonchev–Trinajstić information content (AvgIpc) is 3.21. The fourth-order valence-corrected chi connectivity index (χ4v) is 7.45. The second-order valence-electron chi connectivity index (χ2n) is 7.98. The number of hydrogen-bond acceptors (Lipinski definition) is 7. The third-order valence-electron chi connectivity index (χ3n) is 5.65. The average molecular weight is 543 g/mol. The van der Waals surface area contributed by atoms with Crippen LogP contribution in [0.5, 0.6) is 0 Å². The molecule has 1 saturated carbocycles. The number of carbonyl (C=O) groups excluding carboxylic acids is 3. The van der Waals surface area contributed by atoms with Gasteiger partial charge in [-0.25, -0.2) is 13.2 Å². The number of alkyl halides is 3. The SMILES string of the molecule is CC(=O)Nc1ccc(S(=O)(=O)NC2C(=O)N3[C@@H]2SC2(C)CC32C(=O)OCC(Cl)(Cl)Cl)cc1. The first kappa shape index (κ1) is 23.9. The number of fused-ring (bicyclic) bond motifs is 3. The molecule has 3 aliphatic rings. The lowest BCUT2D eigenvalue weighted by atomic mass is 10.0. The number of thioether (sulfide) groups is 1. The van der Waals surface area contributed by atoms with Crippen molar-refractivity contribution in [1.82, 2.24) is 9.62 Å². The van der Waals surface area contributed by atoms with Crippen molar-refractivity contribution >= 4 is 80.1 Å². The normalized spacial score (nSPS) is 30.8. The number of sulfonamides is 1. The number of benzene rings is 1. The third kappa shape index (κ3) is 3.86. The number of esters is 1. The maximum Gasteiger partial charge on any atom is 0.333 e. The van der Waals surface area contributed by atoms with E-state index in [9.17, 15) is 22.8 Å². The number of rotatable bonds is 6. The lowest BCUT2D eigenvalue weighted by molar-refractivity contribution is -0.165. The number of β-lactam (4-membered cyclic amide) rings is 1. The van der Waals surface area contributed by atoms with Gasteiger partial charge < -0.3 is 15.0 Å². The van der Waals surface area contributed by atoms with E-state index in [0.29, 0.717) is 12.1 Å². The molecule has 4 atom stereocenters. The summed E-state index contributed by atoms with van der Waals surface area (Å²) >= 11 is 18.3. The van der Waals surface area contributed by atoms with Crippen LogP contribution in [0.3, 0.4) is 0 Å². The molecule has 4 rings (SSSR count). The van der Waals surface area contributed by atoms with Gasteiger partial charge in [0.05, 0.1) is 9.64 Å². The summed E-state index contributed by atoms with van der Waals surface area (Å²) in [6, 6.07) is 4.51. The van der Waals surface area contributed by atoms with Crippen molar-refractivity contribution in [2.45, 2.75) is 50.7 Å². The highest BCUT2D eigenvalue weighted by Crippen LogP contribution is 2.72. The highest BCUT2D eigenvalue weighted by molar-refractivity contribution is 8.02. The van der Waals surface area contributed by atoms with Crippen LogP contribution in [-0.2, 0) is 29.1 Å². The standard InChI is InChI=1S/C18H18Cl3N3O6S2/c1-9(25)22-10-3-5-11(6-4-10)32(28,29)23-12-13(26)24-14(12)31-16(2)7-17(16,24)15(27)30-8-18(19,20)21/h3-6,12,14,23H,7-8H2,1-2H3,(H,22,25)/t12?,14-,16?,17?/m1/s1. The molecule has 2 aliphatic heterocycles. The predicted octanol–water partition coefficient (Wildman–Crippen LogP) is 2.02. The van der Waals surface area contributed by atoms with E-state index >= 15 is 0 Å². The van der Waals surface area contributed by atoms with Crippen LogP contribution in [0.2, 0.25) is 0 Å². The summed E-state index contributed by atoms with van der Waals surface area (Å²) in [5, 5.41) is 1.98. The Morgan fingerprint density at radius 2 is 1.91 bits per heavy atom. The van der Waals surface area contributed by atoms with E-state index in [2.05, 4.69) is 10.0 Å². The molecule has 0 spiro atoms. The first-order valence-corrected chi connectivity index (χ1v) is 12.8. The number of carbonyl (C=O) groups is 3. The van der Waals surface area contributed by atoms with Gasteiger partial charge in [0.15, 0.2) is 5.54 Å². The summed E-state index contributed by atoms with van der Waals surface area (Å²) in [6.45, 7) is 2.69. The Bertz CT molecular complexity index is 1110. The lowest BCUT2D eigenvalue weighted by Crippen LogP contribution is -2.72. The van der Waals surface area contributed by atoms with E-state index in [1.807, 2.05) is 6.92 Å². The van der Waals surface area contributed by atoms with Crippen LogP contribution < -0.4 is 10.0 Å². The number of nitrogens with one attached hydrogen (secondary N) is 2. The minimum absolute atomic E-state index is 0.0611. The van der Waals surface area contributed by atoms with E-state index in [0.717, 1.165) is 0 Å². The molecule has 3 unspecified atom stereocenters. The van der Waals surface area contributed by atoms with Crippen molar-refractivity contribution in [2.24, 2.45) is 0 Å². The number of amides is 2. The Morgan fingerprint density at radius 1 is 1.28 bits per heavy atom. The zero-order valence-corrected chi connectivity index (χ0v) is 20.6. The molecule has 2 amide bonds. The summed E-state index contributed by atoms with van der Waals surface area (Å²) in [5.74, 6) is -1.48. The number of anilines is 1. The predicted molar refractivity (Wildman–Crippen MR) is 120 cm³/mol. The van der Waals surface area contributed by atoms with Crippen LogP contribution in [0, 0.1) is 0 Å². The van der Waals surface area contributed by atoms with Gasteiger partial charge >= 0.3 is 5.97 Å². The fraction of sp³-hybridized carbons (Fsp3) is 0.500. The van der Waals surface area contributed by atoms with Gasteiger partial charge in [0, 0.05) is 19.0 Å². The van der Waals surface area contributed by atoms with Crippen molar-refractivity contribution in [3.05, 3.63) is 24.3 Å². The zero-order valence-electron chi connectivity index (χ0n) is 16.7. The molecule has 174 valence electrons. The van der Waals surface area contributed by atoms with Gasteiger partial charge in [-0.05, 0) is 31.2 Å². The van der Waals surface area contributed by atoms with Gasteiger partial charge in [0.2, 0.25) is 25.6 Å². The van der Waals surface area contributed by atoms with Crippen molar-refractivity contribution < 1.29 is 27.5 Å². The minimum atomic E-state index is -4.02. The molecule has 2 saturated heterocycles. The Labute approximate surface area is 203 Å². The number of ether oxygens (including phenoxy) is 1. The largest absolute Gasteiger partial charge is 0.459 e. The van der Waals surface area contributed by atoms with Crippen molar-refractivity contribution in [2.75, 3.05) is 11.9 Å². The van der Waals surface area contributed by atoms with Crippen LogP contribution in [0.4, 0.5) is 5.69 Å². The second-order valence-corrected chi connectivity index (χ2v) is 13.8. The second kappa shape index (κ2) is 7.64. The molecule has 9 nitrogen and oxygen atoms in total. The van der Waals surface area contributed by atoms with E-state index in [1.54, 1.807) is 0 Å². The number of nitrogens with zero attached hydrogens (tertiary/aromatic N) is 1. The maximum absolute atomic E-state index is 12.9. The molecule has 1 aromatic rings. The summed E-state index contributed by atoms with van der Waals surface area (Å²) in [4.78, 5) is 38.0. The fourth-order valence-electron chi connectivity index (χ4n) is 4.10. The van der Waals surface area contributed by atoms with Crippen LogP contribution in [0.25, 0.3) is 0 Å². The van der Waals surface area contributed by atoms with E-state index in [-0.39, 0.29) is 10.8 Å². The molecule has 1 aliphatic carbocycles. The van der Waals surface area contributed by atoms with Crippen LogP contribution in [-0.4, -0.2) is 63.2 Å². The molecule has 2 N–H and O–H groups in total. The Morgan fingerprint density at radius 3 is 2.47 bits per heavy atom. The van der Waals surface area contributed by atoms with Crippen LogP contribution >= 0.6 is 46.6 Å².